The molecule has 0 saturated carbocycles. The molecule has 2 N–H and O–H groups in total. The molecule has 1 nitrogen and oxygen atoms in total. The van der Waals surface area contributed by atoms with Gasteiger partial charge in [0.1, 0.15) is 0 Å². The Hall–Kier alpha value is 0.440. The molecule has 0 atom stereocenters. The molecule has 2 heteroatoms. The zero-order valence-electron chi connectivity index (χ0n) is 13.7. The van der Waals surface area contributed by atoms with Crippen molar-refractivity contribution in [3.8, 4) is 0 Å². The molecule has 0 radical (unpaired) electrons. The molecular weight excluding hydrogens is 310 g/mol. The smallest absolute Gasteiger partial charge is 0.00313 e. The van der Waals surface area contributed by atoms with Gasteiger partial charge >= 0.3 is 0 Å². The van der Waals surface area contributed by atoms with E-state index in [1.807, 2.05) is 0 Å². The molecule has 0 rings (SSSR count). The van der Waals surface area contributed by atoms with Crippen LogP contribution in [0.4, 0.5) is 0 Å². The quantitative estimate of drug-likeness (QED) is 0.233. The fourth-order valence-corrected chi connectivity index (χ4v) is 3.11. The number of rotatable bonds is 17. The van der Waals surface area contributed by atoms with Crippen molar-refractivity contribution in [2.45, 2.75) is 103 Å². The first kappa shape index (κ1) is 20.4. The summed E-state index contributed by atoms with van der Waals surface area (Å²) in [5.74, 6) is 0. The Morgan fingerprint density at radius 3 is 0.900 bits per heavy atom. The Kier molecular flexibility index (Phi) is 19.9. The highest BCUT2D eigenvalue weighted by molar-refractivity contribution is 9.09. The highest BCUT2D eigenvalue weighted by Gasteiger charge is 1.94. The second kappa shape index (κ2) is 19.4. The number of nitrogens with two attached hydrogens (primary N) is 1. The SMILES string of the molecule is NCCCCCCCCCCCCCCCCCCBr. The topological polar surface area (TPSA) is 26.0 Å². The van der Waals surface area contributed by atoms with Gasteiger partial charge in [-0.25, -0.2) is 0 Å². The van der Waals surface area contributed by atoms with Crippen molar-refractivity contribution < 1.29 is 0 Å². The molecule has 0 aliphatic carbocycles. The molecule has 0 aromatic rings. The summed E-state index contributed by atoms with van der Waals surface area (Å²) in [6, 6.07) is 0. The fourth-order valence-electron chi connectivity index (χ4n) is 2.71. The summed E-state index contributed by atoms with van der Waals surface area (Å²) in [5.41, 5.74) is 5.49. The predicted octanol–water partition coefficient (Wildman–Crippen LogP) is 6.58. The lowest BCUT2D eigenvalue weighted by Gasteiger charge is -2.03. The van der Waals surface area contributed by atoms with Gasteiger partial charge in [-0.3, -0.25) is 0 Å². The third-order valence-electron chi connectivity index (χ3n) is 4.09. The van der Waals surface area contributed by atoms with Gasteiger partial charge in [-0.1, -0.05) is 106 Å². The van der Waals surface area contributed by atoms with Gasteiger partial charge < -0.3 is 5.73 Å². The van der Waals surface area contributed by atoms with Gasteiger partial charge in [0.2, 0.25) is 0 Å². The summed E-state index contributed by atoms with van der Waals surface area (Å²) in [6.07, 6.45) is 22.7. The molecular formula is C18H38BrN. The van der Waals surface area contributed by atoms with E-state index in [-0.39, 0.29) is 0 Å². The lowest BCUT2D eigenvalue weighted by Crippen LogP contribution is -1.97. The van der Waals surface area contributed by atoms with Gasteiger partial charge in [0.05, 0.1) is 0 Å². The van der Waals surface area contributed by atoms with E-state index in [0.717, 1.165) is 6.54 Å². The number of halogens is 1. The van der Waals surface area contributed by atoms with Gasteiger partial charge in [-0.05, 0) is 19.4 Å². The molecule has 0 bridgehead atoms. The lowest BCUT2D eigenvalue weighted by molar-refractivity contribution is 0.530. The van der Waals surface area contributed by atoms with Crippen LogP contribution in [-0.2, 0) is 0 Å². The number of hydrogen-bond donors (Lipinski definition) is 1. The van der Waals surface area contributed by atoms with E-state index in [4.69, 9.17) is 5.73 Å². The predicted molar refractivity (Wildman–Crippen MR) is 96.7 cm³/mol. The number of hydrogen-bond acceptors (Lipinski definition) is 1. The van der Waals surface area contributed by atoms with Crippen LogP contribution in [0.5, 0.6) is 0 Å². The van der Waals surface area contributed by atoms with E-state index in [2.05, 4.69) is 15.9 Å². The van der Waals surface area contributed by atoms with Crippen LogP contribution in [0.1, 0.15) is 103 Å². The summed E-state index contributed by atoms with van der Waals surface area (Å²) < 4.78 is 0. The largest absolute Gasteiger partial charge is 0.330 e. The maximum Gasteiger partial charge on any atom is 0.00313 e. The van der Waals surface area contributed by atoms with Gasteiger partial charge in [0.25, 0.3) is 0 Å². The third-order valence-corrected chi connectivity index (χ3v) is 4.65. The highest BCUT2D eigenvalue weighted by Crippen LogP contribution is 2.13. The first-order valence-corrected chi connectivity index (χ1v) is 10.3. The van der Waals surface area contributed by atoms with Crippen molar-refractivity contribution >= 4 is 15.9 Å². The van der Waals surface area contributed by atoms with Crippen molar-refractivity contribution in [1.82, 2.24) is 0 Å². The van der Waals surface area contributed by atoms with E-state index in [9.17, 15) is 0 Å². The Labute approximate surface area is 136 Å². The molecule has 0 heterocycles. The average Bonchev–Trinajstić information content (AvgIpc) is 2.47. The normalized spacial score (nSPS) is 11.1. The van der Waals surface area contributed by atoms with Crippen molar-refractivity contribution in [2.75, 3.05) is 11.9 Å². The maximum atomic E-state index is 5.49. The van der Waals surface area contributed by atoms with Crippen LogP contribution in [0.3, 0.4) is 0 Å². The van der Waals surface area contributed by atoms with E-state index in [1.165, 1.54) is 108 Å². The van der Waals surface area contributed by atoms with Crippen LogP contribution in [-0.4, -0.2) is 11.9 Å². The summed E-state index contributed by atoms with van der Waals surface area (Å²) >= 11 is 3.49. The summed E-state index contributed by atoms with van der Waals surface area (Å²) in [5, 5.41) is 1.18. The Balaban J connectivity index is 2.89. The van der Waals surface area contributed by atoms with E-state index < -0.39 is 0 Å². The van der Waals surface area contributed by atoms with E-state index in [1.54, 1.807) is 0 Å². The Bertz CT molecular complexity index is 143. The van der Waals surface area contributed by atoms with Crippen molar-refractivity contribution in [1.29, 1.82) is 0 Å². The molecule has 20 heavy (non-hydrogen) atoms. The maximum absolute atomic E-state index is 5.49. The minimum Gasteiger partial charge on any atom is -0.330 e. The highest BCUT2D eigenvalue weighted by atomic mass is 79.9. The molecule has 0 aliphatic heterocycles. The summed E-state index contributed by atoms with van der Waals surface area (Å²) in [4.78, 5) is 0. The second-order valence-corrected chi connectivity index (χ2v) is 6.93. The average molecular weight is 348 g/mol. The summed E-state index contributed by atoms with van der Waals surface area (Å²) in [7, 11) is 0. The zero-order chi connectivity index (χ0) is 14.7. The first-order chi connectivity index (χ1) is 9.91. The minimum absolute atomic E-state index is 0.872. The van der Waals surface area contributed by atoms with Crippen LogP contribution in [0.25, 0.3) is 0 Å². The van der Waals surface area contributed by atoms with Crippen molar-refractivity contribution in [2.24, 2.45) is 5.73 Å². The van der Waals surface area contributed by atoms with Gasteiger partial charge in [-0.2, -0.15) is 0 Å². The van der Waals surface area contributed by atoms with Crippen LogP contribution in [0.15, 0.2) is 0 Å². The molecule has 0 unspecified atom stereocenters. The lowest BCUT2D eigenvalue weighted by atomic mass is 10.0. The Morgan fingerprint density at radius 1 is 0.400 bits per heavy atom. The second-order valence-electron chi connectivity index (χ2n) is 6.13. The minimum atomic E-state index is 0.872. The molecule has 0 amide bonds. The van der Waals surface area contributed by atoms with Crippen LogP contribution < -0.4 is 5.73 Å². The van der Waals surface area contributed by atoms with Gasteiger partial charge in [-0.15, -0.1) is 0 Å². The Morgan fingerprint density at radius 2 is 0.650 bits per heavy atom. The van der Waals surface area contributed by atoms with Crippen LogP contribution in [0, 0.1) is 0 Å². The van der Waals surface area contributed by atoms with Gasteiger partial charge in [0.15, 0.2) is 0 Å². The molecule has 0 aromatic carbocycles. The number of alkyl halides is 1. The molecule has 122 valence electrons. The van der Waals surface area contributed by atoms with E-state index >= 15 is 0 Å². The number of unbranched alkanes of at least 4 members (excludes halogenated alkanes) is 15. The fraction of sp³-hybridized carbons (Fsp3) is 1.00. The molecule has 0 aromatic heterocycles. The molecule has 0 spiro atoms. The first-order valence-electron chi connectivity index (χ1n) is 9.18. The van der Waals surface area contributed by atoms with Crippen molar-refractivity contribution in [3.05, 3.63) is 0 Å². The monoisotopic (exact) mass is 347 g/mol. The zero-order valence-corrected chi connectivity index (χ0v) is 15.3. The van der Waals surface area contributed by atoms with Crippen LogP contribution in [0.2, 0.25) is 0 Å². The molecule has 0 saturated heterocycles. The van der Waals surface area contributed by atoms with Crippen LogP contribution >= 0.6 is 15.9 Å². The summed E-state index contributed by atoms with van der Waals surface area (Å²) in [6.45, 7) is 0.872. The molecule has 0 fully saturated rings. The van der Waals surface area contributed by atoms with Crippen molar-refractivity contribution in [3.63, 3.8) is 0 Å². The van der Waals surface area contributed by atoms with E-state index in [0.29, 0.717) is 0 Å². The molecule has 0 aliphatic rings. The third kappa shape index (κ3) is 18.4. The standard InChI is InChI=1S/C18H38BrN/c19-17-15-13-11-9-7-5-3-1-2-4-6-8-10-12-14-16-18-20/h1-18,20H2. The van der Waals surface area contributed by atoms with Gasteiger partial charge in [0, 0.05) is 5.33 Å².